The van der Waals surface area contributed by atoms with Crippen molar-refractivity contribution in [3.8, 4) is 45.3 Å². The SMILES string of the molecule is c1ccc(-c2nc(-c3ccccc3)nc(-c3cc4cc(-c5ccc6ccccc6c5)ccc4c4sc5ccccc5c34)n2)cc1. The lowest BCUT2D eigenvalue weighted by atomic mass is 9.95. The summed E-state index contributed by atoms with van der Waals surface area (Å²) in [6, 6.07) is 53.3. The minimum absolute atomic E-state index is 0.664. The van der Waals surface area contributed by atoms with Gasteiger partial charge in [0.25, 0.3) is 0 Å². The Hall–Kier alpha value is -5.71. The summed E-state index contributed by atoms with van der Waals surface area (Å²) in [4.78, 5) is 15.2. The summed E-state index contributed by atoms with van der Waals surface area (Å²) in [6.07, 6.45) is 0. The number of rotatable bonds is 4. The molecular formula is C41H25N3S. The third-order valence-corrected chi connectivity index (χ3v) is 9.69. The number of hydrogen-bond donors (Lipinski definition) is 0. The van der Waals surface area contributed by atoms with Crippen molar-refractivity contribution in [2.45, 2.75) is 0 Å². The topological polar surface area (TPSA) is 38.7 Å². The Morgan fingerprint density at radius 1 is 0.378 bits per heavy atom. The molecule has 0 saturated heterocycles. The van der Waals surface area contributed by atoms with Crippen LogP contribution in [0.15, 0.2) is 152 Å². The van der Waals surface area contributed by atoms with E-state index in [2.05, 4.69) is 115 Å². The minimum Gasteiger partial charge on any atom is -0.208 e. The second-order valence-corrected chi connectivity index (χ2v) is 12.3. The standard InChI is InChI=1S/C41H25N3S/c1-3-12-27(13-4-1)39-42-40(28-14-5-2-6-15-28)44-41(43-39)35-25-32-24-31(30-20-19-26-11-7-8-16-29(26)23-30)21-22-33(32)38-37(35)34-17-9-10-18-36(34)45-38/h1-25H. The largest absolute Gasteiger partial charge is 0.208 e. The van der Waals surface area contributed by atoms with E-state index in [9.17, 15) is 0 Å². The highest BCUT2D eigenvalue weighted by atomic mass is 32.1. The van der Waals surface area contributed by atoms with Gasteiger partial charge >= 0.3 is 0 Å². The molecule has 0 fully saturated rings. The van der Waals surface area contributed by atoms with Crippen LogP contribution >= 0.6 is 11.3 Å². The van der Waals surface area contributed by atoms with E-state index in [-0.39, 0.29) is 0 Å². The lowest BCUT2D eigenvalue weighted by molar-refractivity contribution is 1.08. The van der Waals surface area contributed by atoms with Crippen LogP contribution in [-0.4, -0.2) is 15.0 Å². The summed E-state index contributed by atoms with van der Waals surface area (Å²) in [6.45, 7) is 0. The van der Waals surface area contributed by atoms with Gasteiger partial charge in [0.05, 0.1) is 0 Å². The van der Waals surface area contributed by atoms with Crippen LogP contribution in [-0.2, 0) is 0 Å². The molecule has 0 aliphatic carbocycles. The van der Waals surface area contributed by atoms with E-state index in [1.165, 1.54) is 47.5 Å². The van der Waals surface area contributed by atoms with E-state index in [0.29, 0.717) is 17.5 Å². The fraction of sp³-hybridized carbons (Fsp3) is 0. The first-order chi connectivity index (χ1) is 22.3. The van der Waals surface area contributed by atoms with Crippen LogP contribution < -0.4 is 0 Å². The fourth-order valence-electron chi connectivity index (χ4n) is 6.27. The highest BCUT2D eigenvalue weighted by Gasteiger charge is 2.19. The van der Waals surface area contributed by atoms with E-state index in [4.69, 9.17) is 15.0 Å². The molecule has 9 aromatic rings. The van der Waals surface area contributed by atoms with Gasteiger partial charge < -0.3 is 0 Å². The third kappa shape index (κ3) is 4.46. The number of thiophene rings is 1. The van der Waals surface area contributed by atoms with Gasteiger partial charge in [-0.25, -0.2) is 15.0 Å². The molecule has 0 spiro atoms. The molecule has 0 aliphatic rings. The monoisotopic (exact) mass is 591 g/mol. The lowest BCUT2D eigenvalue weighted by Crippen LogP contribution is -2.00. The van der Waals surface area contributed by atoms with E-state index in [0.717, 1.165) is 22.1 Å². The second-order valence-electron chi connectivity index (χ2n) is 11.3. The van der Waals surface area contributed by atoms with Gasteiger partial charge in [-0.05, 0) is 56.9 Å². The Morgan fingerprint density at radius 2 is 0.956 bits per heavy atom. The quantitative estimate of drug-likeness (QED) is 0.204. The Bertz CT molecular complexity index is 2480. The zero-order chi connectivity index (χ0) is 29.7. The van der Waals surface area contributed by atoms with Crippen LogP contribution in [0, 0.1) is 0 Å². The smallest absolute Gasteiger partial charge is 0.164 e. The molecule has 3 nitrogen and oxygen atoms in total. The van der Waals surface area contributed by atoms with Gasteiger partial charge in [0, 0.05) is 36.9 Å². The number of nitrogens with zero attached hydrogens (tertiary/aromatic N) is 3. The van der Waals surface area contributed by atoms with Crippen LogP contribution in [0.1, 0.15) is 0 Å². The summed E-state index contributed by atoms with van der Waals surface area (Å²) < 4.78 is 2.50. The third-order valence-electron chi connectivity index (χ3n) is 8.48. The second kappa shape index (κ2) is 10.5. The summed E-state index contributed by atoms with van der Waals surface area (Å²) in [7, 11) is 0. The van der Waals surface area contributed by atoms with Crippen molar-refractivity contribution in [3.05, 3.63) is 152 Å². The van der Waals surface area contributed by atoms with Crippen LogP contribution in [0.25, 0.3) is 87.0 Å². The number of fused-ring (bicyclic) bond motifs is 6. The molecule has 0 bridgehead atoms. The molecule has 0 radical (unpaired) electrons. The van der Waals surface area contributed by atoms with E-state index < -0.39 is 0 Å². The maximum atomic E-state index is 5.14. The first kappa shape index (κ1) is 25.8. The molecule has 7 aromatic carbocycles. The van der Waals surface area contributed by atoms with Crippen LogP contribution in [0.5, 0.6) is 0 Å². The fourth-order valence-corrected chi connectivity index (χ4v) is 7.54. The minimum atomic E-state index is 0.664. The molecule has 2 aromatic heterocycles. The summed E-state index contributed by atoms with van der Waals surface area (Å²) >= 11 is 1.83. The average Bonchev–Trinajstić information content (AvgIpc) is 3.51. The summed E-state index contributed by atoms with van der Waals surface area (Å²) in [5.41, 5.74) is 5.33. The van der Waals surface area contributed by atoms with Gasteiger partial charge in [-0.2, -0.15) is 0 Å². The molecule has 0 N–H and O–H groups in total. The number of hydrogen-bond acceptors (Lipinski definition) is 4. The lowest BCUT2D eigenvalue weighted by Gasteiger charge is -2.12. The first-order valence-corrected chi connectivity index (χ1v) is 15.8. The molecular weight excluding hydrogens is 567 g/mol. The van der Waals surface area contributed by atoms with Crippen molar-refractivity contribution in [1.82, 2.24) is 15.0 Å². The van der Waals surface area contributed by atoms with Crippen molar-refractivity contribution >= 4 is 53.1 Å². The normalized spacial score (nSPS) is 11.6. The van der Waals surface area contributed by atoms with Crippen molar-refractivity contribution in [3.63, 3.8) is 0 Å². The number of benzene rings is 7. The Morgan fingerprint density at radius 3 is 1.69 bits per heavy atom. The molecule has 0 unspecified atom stereocenters. The van der Waals surface area contributed by atoms with Crippen molar-refractivity contribution < 1.29 is 0 Å². The predicted molar refractivity (Wildman–Crippen MR) is 189 cm³/mol. The predicted octanol–water partition coefficient (Wildman–Crippen LogP) is 11.2. The van der Waals surface area contributed by atoms with E-state index in [1.54, 1.807) is 0 Å². The van der Waals surface area contributed by atoms with Gasteiger partial charge in [-0.15, -0.1) is 11.3 Å². The van der Waals surface area contributed by atoms with Crippen LogP contribution in [0.4, 0.5) is 0 Å². The molecule has 0 amide bonds. The number of aromatic nitrogens is 3. The van der Waals surface area contributed by atoms with Crippen LogP contribution in [0.2, 0.25) is 0 Å². The van der Waals surface area contributed by atoms with Gasteiger partial charge in [0.15, 0.2) is 17.5 Å². The van der Waals surface area contributed by atoms with Crippen LogP contribution in [0.3, 0.4) is 0 Å². The van der Waals surface area contributed by atoms with Gasteiger partial charge in [0.2, 0.25) is 0 Å². The highest BCUT2D eigenvalue weighted by Crippen LogP contribution is 2.44. The zero-order valence-electron chi connectivity index (χ0n) is 24.2. The highest BCUT2D eigenvalue weighted by molar-refractivity contribution is 7.26. The maximum Gasteiger partial charge on any atom is 0.164 e. The molecule has 9 rings (SSSR count). The van der Waals surface area contributed by atoms with E-state index in [1.807, 2.05) is 47.7 Å². The molecule has 4 heteroatoms. The van der Waals surface area contributed by atoms with Gasteiger partial charge in [-0.3, -0.25) is 0 Å². The molecule has 45 heavy (non-hydrogen) atoms. The Balaban J connectivity index is 1.33. The maximum absolute atomic E-state index is 5.14. The molecule has 0 saturated carbocycles. The van der Waals surface area contributed by atoms with Gasteiger partial charge in [-0.1, -0.05) is 127 Å². The summed E-state index contributed by atoms with van der Waals surface area (Å²) in [5, 5.41) is 7.29. The molecule has 0 aliphatic heterocycles. The summed E-state index contributed by atoms with van der Waals surface area (Å²) in [5.74, 6) is 2.00. The van der Waals surface area contributed by atoms with E-state index >= 15 is 0 Å². The zero-order valence-corrected chi connectivity index (χ0v) is 25.0. The van der Waals surface area contributed by atoms with Gasteiger partial charge in [0.1, 0.15) is 0 Å². The average molecular weight is 592 g/mol. The Labute approximate surface area is 264 Å². The first-order valence-electron chi connectivity index (χ1n) is 15.0. The van der Waals surface area contributed by atoms with Crippen molar-refractivity contribution in [1.29, 1.82) is 0 Å². The Kier molecular flexibility index (Phi) is 6.00. The molecule has 210 valence electrons. The van der Waals surface area contributed by atoms with Crippen molar-refractivity contribution in [2.24, 2.45) is 0 Å². The van der Waals surface area contributed by atoms with Crippen molar-refractivity contribution in [2.75, 3.05) is 0 Å². The molecule has 0 atom stereocenters. The molecule has 2 heterocycles.